The van der Waals surface area contributed by atoms with Gasteiger partial charge in [-0.1, -0.05) is 24.3 Å². The lowest BCUT2D eigenvalue weighted by Gasteiger charge is -2.15. The molecule has 5 heteroatoms. The fraction of sp³-hybridized carbons (Fsp3) is 0.286. The highest BCUT2D eigenvalue weighted by Crippen LogP contribution is 2.32. The van der Waals surface area contributed by atoms with E-state index in [0.29, 0.717) is 13.0 Å². The van der Waals surface area contributed by atoms with Crippen LogP contribution in [0.25, 0.3) is 10.9 Å². The number of nitrogens with zero attached hydrogens (tertiary/aromatic N) is 3. The maximum absolute atomic E-state index is 12.2. The number of para-hydroxylation sites is 1. The molecule has 0 spiro atoms. The zero-order valence-electron chi connectivity index (χ0n) is 14.7. The second-order valence-electron chi connectivity index (χ2n) is 6.63. The number of aromatic nitrogens is 2. The van der Waals surface area contributed by atoms with Crippen molar-refractivity contribution in [3.63, 3.8) is 0 Å². The van der Waals surface area contributed by atoms with E-state index in [4.69, 9.17) is 0 Å². The largest absolute Gasteiger partial charge is 0.344 e. The van der Waals surface area contributed by atoms with Gasteiger partial charge in [-0.05, 0) is 43.4 Å². The molecule has 0 bridgehead atoms. The summed E-state index contributed by atoms with van der Waals surface area (Å²) in [5.41, 5.74) is 7.59. The van der Waals surface area contributed by atoms with Crippen molar-refractivity contribution in [1.29, 1.82) is 0 Å². The molecule has 1 aromatic carbocycles. The van der Waals surface area contributed by atoms with Crippen LogP contribution in [0.3, 0.4) is 0 Å². The summed E-state index contributed by atoms with van der Waals surface area (Å²) in [6.07, 6.45) is 10.2. The average Bonchev–Trinajstić information content (AvgIpc) is 3.01. The Morgan fingerprint density at radius 2 is 2.08 bits per heavy atom. The predicted molar refractivity (Wildman–Crippen MR) is 103 cm³/mol. The minimum Gasteiger partial charge on any atom is -0.344 e. The molecule has 0 unspecified atom stereocenters. The molecule has 0 fully saturated rings. The maximum atomic E-state index is 12.2. The molecular formula is C21H22N4O. The highest BCUT2D eigenvalue weighted by atomic mass is 16.2. The van der Waals surface area contributed by atoms with Crippen LogP contribution in [0.4, 0.5) is 0 Å². The standard InChI is InChI=1S/C21H22N4O/c26-21(24-23-15-16-6-5-12-22-14-16)11-13-25-19-9-3-1-7-17(19)18-8-2-4-10-20(18)25/h1,3,5-7,9,12,14-15H,2,4,8,10-11,13H2,(H,24,26)/b23-15+. The second kappa shape index (κ2) is 7.52. The normalized spacial score (nSPS) is 13.8. The maximum Gasteiger partial charge on any atom is 0.241 e. The SMILES string of the molecule is O=C(CCn1c2c(c3ccccc31)CCCC2)N/N=C/c1cccnc1. The van der Waals surface area contributed by atoms with Crippen LogP contribution in [-0.4, -0.2) is 21.7 Å². The van der Waals surface area contributed by atoms with Crippen LogP contribution in [0.2, 0.25) is 0 Å². The van der Waals surface area contributed by atoms with E-state index in [0.717, 1.165) is 18.4 Å². The van der Waals surface area contributed by atoms with Gasteiger partial charge in [0.05, 0.1) is 6.21 Å². The first-order chi connectivity index (χ1) is 12.8. The lowest BCUT2D eigenvalue weighted by molar-refractivity contribution is -0.121. The van der Waals surface area contributed by atoms with Gasteiger partial charge in [0.15, 0.2) is 0 Å². The van der Waals surface area contributed by atoms with E-state index < -0.39 is 0 Å². The van der Waals surface area contributed by atoms with Crippen LogP contribution < -0.4 is 5.43 Å². The van der Waals surface area contributed by atoms with Gasteiger partial charge in [0.1, 0.15) is 0 Å². The van der Waals surface area contributed by atoms with Gasteiger partial charge in [0.2, 0.25) is 5.91 Å². The minimum absolute atomic E-state index is 0.0764. The molecular weight excluding hydrogens is 324 g/mol. The number of hydrogen-bond acceptors (Lipinski definition) is 3. The number of pyridine rings is 1. The Labute approximate surface area is 152 Å². The van der Waals surface area contributed by atoms with Gasteiger partial charge in [-0.15, -0.1) is 0 Å². The molecule has 4 rings (SSSR count). The number of hydrogen-bond donors (Lipinski definition) is 1. The van der Waals surface area contributed by atoms with E-state index in [1.54, 1.807) is 18.6 Å². The average molecular weight is 346 g/mol. The molecule has 26 heavy (non-hydrogen) atoms. The molecule has 0 saturated heterocycles. The monoisotopic (exact) mass is 346 g/mol. The fourth-order valence-corrected chi connectivity index (χ4v) is 3.74. The molecule has 3 aromatic rings. The van der Waals surface area contributed by atoms with Gasteiger partial charge in [0, 0.05) is 47.5 Å². The van der Waals surface area contributed by atoms with Crippen LogP contribution in [0, 0.1) is 0 Å². The Kier molecular flexibility index (Phi) is 4.78. The first kappa shape index (κ1) is 16.5. The molecule has 1 aliphatic rings. The van der Waals surface area contributed by atoms with Crippen molar-refractivity contribution in [2.45, 2.75) is 38.6 Å². The third-order valence-electron chi connectivity index (χ3n) is 4.93. The molecule has 2 heterocycles. The Bertz CT molecular complexity index is 943. The van der Waals surface area contributed by atoms with E-state index in [-0.39, 0.29) is 5.91 Å². The van der Waals surface area contributed by atoms with Crippen molar-refractivity contribution in [2.75, 3.05) is 0 Å². The summed E-state index contributed by atoms with van der Waals surface area (Å²) in [4.78, 5) is 16.2. The fourth-order valence-electron chi connectivity index (χ4n) is 3.74. The lowest BCUT2D eigenvalue weighted by Crippen LogP contribution is -2.20. The third-order valence-corrected chi connectivity index (χ3v) is 4.93. The van der Waals surface area contributed by atoms with Gasteiger partial charge in [-0.25, -0.2) is 5.43 Å². The predicted octanol–water partition coefficient (Wildman–Crippen LogP) is 3.46. The van der Waals surface area contributed by atoms with E-state index >= 15 is 0 Å². The number of carbonyl (C=O) groups excluding carboxylic acids is 1. The summed E-state index contributed by atoms with van der Waals surface area (Å²) in [5.74, 6) is -0.0764. The molecule has 0 radical (unpaired) electrons. The topological polar surface area (TPSA) is 59.3 Å². The number of hydrazone groups is 1. The number of amides is 1. The van der Waals surface area contributed by atoms with Crippen LogP contribution in [0.5, 0.6) is 0 Å². The smallest absolute Gasteiger partial charge is 0.241 e. The molecule has 0 aliphatic heterocycles. The summed E-state index contributed by atoms with van der Waals surface area (Å²) in [5, 5.41) is 5.36. The number of carbonyl (C=O) groups is 1. The number of fused-ring (bicyclic) bond motifs is 3. The molecule has 132 valence electrons. The van der Waals surface area contributed by atoms with Gasteiger partial charge < -0.3 is 4.57 Å². The Morgan fingerprint density at radius 1 is 1.19 bits per heavy atom. The quantitative estimate of drug-likeness (QED) is 0.568. The van der Waals surface area contributed by atoms with Crippen LogP contribution in [0.15, 0.2) is 53.9 Å². The number of nitrogens with one attached hydrogen (secondary N) is 1. The minimum atomic E-state index is -0.0764. The molecule has 0 atom stereocenters. The highest BCUT2D eigenvalue weighted by Gasteiger charge is 2.19. The molecule has 1 N–H and O–H groups in total. The Hall–Kier alpha value is -2.95. The van der Waals surface area contributed by atoms with E-state index in [2.05, 4.69) is 44.3 Å². The lowest BCUT2D eigenvalue weighted by atomic mass is 9.95. The van der Waals surface area contributed by atoms with E-state index in [1.165, 1.54) is 35.0 Å². The zero-order chi connectivity index (χ0) is 17.8. The van der Waals surface area contributed by atoms with Crippen molar-refractivity contribution in [3.8, 4) is 0 Å². The molecule has 5 nitrogen and oxygen atoms in total. The first-order valence-corrected chi connectivity index (χ1v) is 9.14. The molecule has 0 saturated carbocycles. The summed E-state index contributed by atoms with van der Waals surface area (Å²) in [6.45, 7) is 0.685. The summed E-state index contributed by atoms with van der Waals surface area (Å²) < 4.78 is 2.33. The van der Waals surface area contributed by atoms with Gasteiger partial charge in [0.25, 0.3) is 0 Å². The molecule has 1 amide bonds. The van der Waals surface area contributed by atoms with Gasteiger partial charge in [-0.3, -0.25) is 9.78 Å². The van der Waals surface area contributed by atoms with Crippen LogP contribution >= 0.6 is 0 Å². The number of aryl methyl sites for hydroxylation is 2. The third kappa shape index (κ3) is 3.38. The molecule has 2 aromatic heterocycles. The van der Waals surface area contributed by atoms with E-state index in [1.807, 2.05) is 12.1 Å². The number of rotatable bonds is 5. The molecule has 1 aliphatic carbocycles. The summed E-state index contributed by atoms with van der Waals surface area (Å²) in [6, 6.07) is 12.3. The number of benzene rings is 1. The Morgan fingerprint density at radius 3 is 2.96 bits per heavy atom. The summed E-state index contributed by atoms with van der Waals surface area (Å²) in [7, 11) is 0. The van der Waals surface area contributed by atoms with Crippen LogP contribution in [0.1, 0.15) is 36.1 Å². The van der Waals surface area contributed by atoms with E-state index in [9.17, 15) is 4.79 Å². The van der Waals surface area contributed by atoms with Crippen molar-refractivity contribution >= 4 is 23.0 Å². The van der Waals surface area contributed by atoms with Gasteiger partial charge in [-0.2, -0.15) is 5.10 Å². The second-order valence-corrected chi connectivity index (χ2v) is 6.63. The Balaban J connectivity index is 1.45. The first-order valence-electron chi connectivity index (χ1n) is 9.14. The van der Waals surface area contributed by atoms with Crippen molar-refractivity contribution in [1.82, 2.24) is 15.0 Å². The van der Waals surface area contributed by atoms with Crippen molar-refractivity contribution < 1.29 is 4.79 Å². The van der Waals surface area contributed by atoms with Gasteiger partial charge >= 0.3 is 0 Å². The van der Waals surface area contributed by atoms with Crippen molar-refractivity contribution in [3.05, 3.63) is 65.6 Å². The zero-order valence-corrected chi connectivity index (χ0v) is 14.7. The highest BCUT2D eigenvalue weighted by molar-refractivity contribution is 5.86. The van der Waals surface area contributed by atoms with Crippen LogP contribution in [-0.2, 0) is 24.2 Å². The summed E-state index contributed by atoms with van der Waals surface area (Å²) >= 11 is 0. The van der Waals surface area contributed by atoms with Crippen molar-refractivity contribution in [2.24, 2.45) is 5.10 Å².